The first kappa shape index (κ1) is 28.5. The van der Waals surface area contributed by atoms with Gasteiger partial charge in [-0.2, -0.15) is 5.26 Å². The number of rotatable bonds is 6. The van der Waals surface area contributed by atoms with Crippen LogP contribution in [0.1, 0.15) is 18.4 Å². The predicted molar refractivity (Wildman–Crippen MR) is 167 cm³/mol. The third-order valence-corrected chi connectivity index (χ3v) is 9.74. The Kier molecular flexibility index (Phi) is 7.14. The molecule has 44 heavy (non-hydrogen) atoms. The van der Waals surface area contributed by atoms with Crippen molar-refractivity contribution < 1.29 is 18.3 Å². The van der Waals surface area contributed by atoms with E-state index in [1.165, 1.54) is 12.1 Å². The fraction of sp³-hybridized carbons (Fsp3) is 0.324. The van der Waals surface area contributed by atoms with Crippen molar-refractivity contribution in [1.29, 1.82) is 5.26 Å². The molecule has 3 aromatic carbocycles. The zero-order valence-electron chi connectivity index (χ0n) is 24.1. The van der Waals surface area contributed by atoms with Crippen LogP contribution in [-0.2, 0) is 4.79 Å². The predicted octanol–water partition coefficient (Wildman–Crippen LogP) is 6.12. The molecule has 1 aromatic heterocycles. The van der Waals surface area contributed by atoms with Gasteiger partial charge in [-0.05, 0) is 54.6 Å². The van der Waals surface area contributed by atoms with Crippen molar-refractivity contribution in [3.8, 4) is 23.1 Å². The van der Waals surface area contributed by atoms with Crippen molar-refractivity contribution in [3.05, 3.63) is 77.6 Å². The summed E-state index contributed by atoms with van der Waals surface area (Å²) in [4.78, 5) is 23.2. The van der Waals surface area contributed by atoms with E-state index in [4.69, 9.17) is 21.3 Å². The first-order valence-electron chi connectivity index (χ1n) is 14.7. The largest absolute Gasteiger partial charge is 0.475 e. The molecule has 0 N–H and O–H groups in total. The normalized spacial score (nSPS) is 23.1. The summed E-state index contributed by atoms with van der Waals surface area (Å²) in [5.41, 5.74) is 3.15. The summed E-state index contributed by atoms with van der Waals surface area (Å²) in [5.74, 6) is -0.407. The van der Waals surface area contributed by atoms with Gasteiger partial charge in [0.05, 0.1) is 28.3 Å². The van der Waals surface area contributed by atoms with Crippen LogP contribution in [0.15, 0.2) is 61.2 Å². The van der Waals surface area contributed by atoms with Crippen LogP contribution in [0.4, 0.5) is 14.5 Å². The molecule has 0 saturated carbocycles. The molecule has 4 heterocycles. The zero-order valence-corrected chi connectivity index (χ0v) is 24.9. The lowest BCUT2D eigenvalue weighted by Gasteiger charge is -2.48. The minimum absolute atomic E-state index is 0.0280. The Morgan fingerprint density at radius 3 is 2.82 bits per heavy atom. The number of likely N-dealkylation sites (N-methyl/N-ethyl adjacent to an activating group) is 1. The fourth-order valence-corrected chi connectivity index (χ4v) is 7.37. The fourth-order valence-electron chi connectivity index (χ4n) is 7.10. The molecule has 3 saturated heterocycles. The third kappa shape index (κ3) is 4.56. The molecule has 0 unspecified atom stereocenters. The lowest BCUT2D eigenvalue weighted by atomic mass is 9.92. The van der Waals surface area contributed by atoms with E-state index in [-0.39, 0.29) is 41.5 Å². The molecule has 0 spiro atoms. The molecule has 7 nitrogen and oxygen atoms in total. The van der Waals surface area contributed by atoms with Gasteiger partial charge in [-0.1, -0.05) is 54.6 Å². The molecule has 1 amide bonds. The summed E-state index contributed by atoms with van der Waals surface area (Å²) in [6.07, 6.45) is 1.53. The van der Waals surface area contributed by atoms with Crippen molar-refractivity contribution >= 4 is 44.9 Å². The van der Waals surface area contributed by atoms with Crippen LogP contribution in [0.2, 0.25) is 5.02 Å². The van der Waals surface area contributed by atoms with E-state index >= 15 is 0 Å². The number of halogens is 3. The SMILES string of the molecule is C=CC(=O)N1CC[C@@H]2[C@H]1CN2c1c(C#N)c(OC[C@@H]2C[C@@H](F)CN2C)nc2cc(-c3cccc4ccc(F)c(Cl)c34)ccc12. The molecule has 3 aliphatic rings. The highest BCUT2D eigenvalue weighted by molar-refractivity contribution is 6.37. The minimum Gasteiger partial charge on any atom is -0.475 e. The van der Waals surface area contributed by atoms with E-state index in [0.717, 1.165) is 28.3 Å². The third-order valence-electron chi connectivity index (χ3n) is 9.37. The summed E-state index contributed by atoms with van der Waals surface area (Å²) in [7, 11) is 1.86. The van der Waals surface area contributed by atoms with Gasteiger partial charge in [0.1, 0.15) is 30.2 Å². The van der Waals surface area contributed by atoms with Gasteiger partial charge in [-0.3, -0.25) is 9.69 Å². The first-order chi connectivity index (χ1) is 21.3. The molecule has 3 fully saturated rings. The van der Waals surface area contributed by atoms with Crippen LogP contribution in [0.5, 0.6) is 5.88 Å². The van der Waals surface area contributed by atoms with E-state index in [2.05, 4.69) is 17.5 Å². The summed E-state index contributed by atoms with van der Waals surface area (Å²) < 4.78 is 34.9. The molecule has 3 aliphatic heterocycles. The Hall–Kier alpha value is -4.26. The number of hydrogen-bond acceptors (Lipinski definition) is 6. The van der Waals surface area contributed by atoms with Gasteiger partial charge >= 0.3 is 0 Å². The smallest absolute Gasteiger partial charge is 0.246 e. The molecule has 0 radical (unpaired) electrons. The van der Waals surface area contributed by atoms with Crippen molar-refractivity contribution in [2.45, 2.75) is 37.1 Å². The Morgan fingerprint density at radius 2 is 2.07 bits per heavy atom. The monoisotopic (exact) mass is 613 g/mol. The lowest BCUT2D eigenvalue weighted by Crippen LogP contribution is -2.63. The Labute approximate surface area is 258 Å². The molecular weight excluding hydrogens is 584 g/mol. The van der Waals surface area contributed by atoms with Gasteiger partial charge in [0.2, 0.25) is 11.8 Å². The van der Waals surface area contributed by atoms with Crippen molar-refractivity contribution in [3.63, 3.8) is 0 Å². The first-order valence-corrected chi connectivity index (χ1v) is 15.1. The van der Waals surface area contributed by atoms with Crippen LogP contribution in [0.3, 0.4) is 0 Å². The maximum absolute atomic E-state index is 14.5. The second kappa shape index (κ2) is 11.0. The van der Waals surface area contributed by atoms with Gasteiger partial charge in [-0.25, -0.2) is 13.8 Å². The van der Waals surface area contributed by atoms with E-state index < -0.39 is 12.0 Å². The number of nitriles is 1. The van der Waals surface area contributed by atoms with Crippen LogP contribution >= 0.6 is 11.6 Å². The highest BCUT2D eigenvalue weighted by Crippen LogP contribution is 2.45. The average molecular weight is 614 g/mol. The number of carbonyl (C=O) groups is 1. The molecule has 0 aliphatic carbocycles. The number of carbonyl (C=O) groups excluding carboxylic acids is 1. The second-order valence-electron chi connectivity index (χ2n) is 11.8. The number of pyridine rings is 1. The molecule has 10 heteroatoms. The van der Waals surface area contributed by atoms with Crippen LogP contribution in [0, 0.1) is 17.1 Å². The summed E-state index contributed by atoms with van der Waals surface area (Å²) >= 11 is 6.46. The van der Waals surface area contributed by atoms with E-state index in [9.17, 15) is 18.8 Å². The second-order valence-corrected chi connectivity index (χ2v) is 12.2. The molecular formula is C34H30ClF2N5O2. The van der Waals surface area contributed by atoms with Crippen molar-refractivity contribution in [2.24, 2.45) is 0 Å². The number of anilines is 1. The summed E-state index contributed by atoms with van der Waals surface area (Å²) in [6, 6.07) is 16.8. The number of alkyl halides is 1. The van der Waals surface area contributed by atoms with Crippen molar-refractivity contribution in [2.75, 3.05) is 38.2 Å². The van der Waals surface area contributed by atoms with Crippen LogP contribution < -0.4 is 9.64 Å². The summed E-state index contributed by atoms with van der Waals surface area (Å²) in [5, 5.41) is 12.7. The molecule has 224 valence electrons. The zero-order chi connectivity index (χ0) is 30.7. The molecule has 0 bridgehead atoms. The molecule has 4 aromatic rings. The number of aromatic nitrogens is 1. The number of benzene rings is 3. The van der Waals surface area contributed by atoms with E-state index in [1.807, 2.05) is 53.2 Å². The highest BCUT2D eigenvalue weighted by atomic mass is 35.5. The highest BCUT2D eigenvalue weighted by Gasteiger charge is 2.49. The van der Waals surface area contributed by atoms with Gasteiger partial charge in [0, 0.05) is 36.4 Å². The Morgan fingerprint density at radius 1 is 1.23 bits per heavy atom. The Bertz CT molecular complexity index is 1880. The Balaban J connectivity index is 1.35. The number of fused-ring (bicyclic) bond motifs is 3. The number of amides is 1. The van der Waals surface area contributed by atoms with Gasteiger partial charge in [0.25, 0.3) is 0 Å². The van der Waals surface area contributed by atoms with E-state index in [1.54, 1.807) is 6.07 Å². The number of ether oxygens (including phenoxy) is 1. The maximum Gasteiger partial charge on any atom is 0.246 e. The van der Waals surface area contributed by atoms with Gasteiger partial charge < -0.3 is 14.5 Å². The van der Waals surface area contributed by atoms with E-state index in [0.29, 0.717) is 48.2 Å². The lowest BCUT2D eigenvalue weighted by molar-refractivity contribution is -0.127. The average Bonchev–Trinajstić information content (AvgIpc) is 3.53. The van der Waals surface area contributed by atoms with Gasteiger partial charge in [-0.15, -0.1) is 0 Å². The standard InChI is InChI=1S/C34H30ClF2N5O2/c1-3-30(43)41-12-11-28-29(41)17-42(28)33-24-9-7-20(23-6-4-5-19-8-10-26(37)32(35)31(19)23)13-27(24)39-34(25(33)15-38)44-18-22-14-21(36)16-40(22)2/h3-10,13,21-22,28-29H,1,11-12,14,16-18H2,2H3/t21-,22+,28-,29-/m1/s1. The summed E-state index contributed by atoms with van der Waals surface area (Å²) in [6.45, 7) is 5.35. The number of nitrogens with zero attached hydrogens (tertiary/aromatic N) is 5. The van der Waals surface area contributed by atoms with Crippen molar-refractivity contribution in [1.82, 2.24) is 14.8 Å². The minimum atomic E-state index is -0.925. The quantitative estimate of drug-likeness (QED) is 0.244. The van der Waals surface area contributed by atoms with Gasteiger partial charge in [0.15, 0.2) is 0 Å². The maximum atomic E-state index is 14.5. The number of likely N-dealkylation sites (tertiary alicyclic amines) is 2. The molecule has 4 atom stereocenters. The number of hydrogen-bond donors (Lipinski definition) is 0. The van der Waals surface area contributed by atoms with Crippen LogP contribution in [0.25, 0.3) is 32.8 Å². The topological polar surface area (TPSA) is 72.7 Å². The molecule has 7 rings (SSSR count). The van der Waals surface area contributed by atoms with Crippen LogP contribution in [-0.4, -0.2) is 78.3 Å².